The Labute approximate surface area is 204 Å². The molecule has 35 heavy (non-hydrogen) atoms. The molecule has 5 rings (SSSR count). The van der Waals surface area contributed by atoms with Crippen LogP contribution in [0, 0.1) is 11.3 Å². The highest BCUT2D eigenvalue weighted by Gasteiger charge is 2.26. The molecule has 2 aliphatic rings. The number of amides is 1. The summed E-state index contributed by atoms with van der Waals surface area (Å²) in [6, 6.07) is 8.53. The molecule has 1 aliphatic heterocycles. The number of likely N-dealkylation sites (tertiary alicyclic amines) is 1. The van der Waals surface area contributed by atoms with Crippen molar-refractivity contribution in [1.82, 2.24) is 24.8 Å². The van der Waals surface area contributed by atoms with Crippen LogP contribution in [-0.2, 0) is 0 Å². The molecule has 3 heterocycles. The van der Waals surface area contributed by atoms with E-state index in [1.54, 1.807) is 6.20 Å². The van der Waals surface area contributed by atoms with E-state index in [2.05, 4.69) is 55.3 Å². The summed E-state index contributed by atoms with van der Waals surface area (Å²) in [6.45, 7) is 4.24. The van der Waals surface area contributed by atoms with Gasteiger partial charge in [-0.15, -0.1) is 0 Å². The Hall–Kier alpha value is -3.90. The molecule has 1 aromatic carbocycles. The molecule has 3 N–H and O–H groups in total. The average molecular weight is 472 g/mol. The fourth-order valence-electron chi connectivity index (χ4n) is 5.04. The minimum atomic E-state index is -0.642. The van der Waals surface area contributed by atoms with E-state index in [4.69, 9.17) is 10.00 Å². The zero-order chi connectivity index (χ0) is 24.2. The molecule has 1 saturated heterocycles. The molecule has 1 aliphatic carbocycles. The van der Waals surface area contributed by atoms with Crippen LogP contribution in [0.4, 0.5) is 10.5 Å². The van der Waals surface area contributed by atoms with Crippen molar-refractivity contribution < 1.29 is 9.53 Å². The Morgan fingerprint density at radius 1 is 1.31 bits per heavy atom. The molecule has 1 fully saturated rings. The smallest absolute Gasteiger partial charge is 0.375 e. The molecular weight excluding hydrogens is 442 g/mol. The highest BCUT2D eigenvalue weighted by molar-refractivity contribution is 5.91. The van der Waals surface area contributed by atoms with Crippen LogP contribution in [0.5, 0.6) is 6.01 Å². The normalized spacial score (nSPS) is 17.5. The van der Waals surface area contributed by atoms with Gasteiger partial charge < -0.3 is 9.72 Å². The van der Waals surface area contributed by atoms with Crippen molar-refractivity contribution in [3.05, 3.63) is 65.5 Å². The van der Waals surface area contributed by atoms with Crippen LogP contribution in [0.1, 0.15) is 73.6 Å². The first-order chi connectivity index (χ1) is 17.1. The molecular formula is C26H29N7O2. The highest BCUT2D eigenvalue weighted by Crippen LogP contribution is 2.37. The fourth-order valence-corrected chi connectivity index (χ4v) is 5.04. The molecule has 2 aromatic heterocycles. The van der Waals surface area contributed by atoms with Crippen LogP contribution < -0.4 is 10.1 Å². The summed E-state index contributed by atoms with van der Waals surface area (Å²) in [4.78, 5) is 29.2. The summed E-state index contributed by atoms with van der Waals surface area (Å²) in [5.41, 5.74) is 4.58. The maximum absolute atomic E-state index is 12.5. The molecule has 1 unspecified atom stereocenters. The Kier molecular flexibility index (Phi) is 6.64. The van der Waals surface area contributed by atoms with Crippen LogP contribution >= 0.6 is 0 Å². The number of hydrogen-bond donors (Lipinski definition) is 3. The van der Waals surface area contributed by atoms with Crippen LogP contribution in [0.3, 0.4) is 0 Å². The van der Waals surface area contributed by atoms with E-state index in [1.807, 2.05) is 18.3 Å². The van der Waals surface area contributed by atoms with E-state index >= 15 is 0 Å². The number of nitrogens with one attached hydrogen (secondary N) is 3. The number of carbonyl (C=O) groups is 1. The Morgan fingerprint density at radius 3 is 2.86 bits per heavy atom. The lowest BCUT2D eigenvalue weighted by Gasteiger charge is -2.35. The number of carbonyl (C=O) groups excluding carboxylic acids is 1. The number of nitrogens with zero attached hydrogens (tertiary/aromatic N) is 4. The van der Waals surface area contributed by atoms with Crippen LogP contribution in [0.25, 0.3) is 5.57 Å². The lowest BCUT2D eigenvalue weighted by molar-refractivity contribution is 0.157. The number of piperidine rings is 1. The zero-order valence-electron chi connectivity index (χ0n) is 19.8. The number of imidazole rings is 2. The van der Waals surface area contributed by atoms with Crippen molar-refractivity contribution in [2.75, 3.05) is 18.4 Å². The summed E-state index contributed by atoms with van der Waals surface area (Å²) in [6.07, 6.45) is 12.0. The first kappa shape index (κ1) is 22.9. The molecule has 0 bridgehead atoms. The fraction of sp³-hybridized carbons (Fsp3) is 0.385. The van der Waals surface area contributed by atoms with E-state index < -0.39 is 6.09 Å². The van der Waals surface area contributed by atoms with Gasteiger partial charge >= 0.3 is 12.1 Å². The summed E-state index contributed by atoms with van der Waals surface area (Å²) < 4.78 is 5.23. The van der Waals surface area contributed by atoms with Crippen LogP contribution in [0.2, 0.25) is 0 Å². The van der Waals surface area contributed by atoms with Crippen LogP contribution in [-0.4, -0.2) is 44.0 Å². The van der Waals surface area contributed by atoms with Gasteiger partial charge in [-0.3, -0.25) is 15.2 Å². The van der Waals surface area contributed by atoms with Gasteiger partial charge in [-0.05, 0) is 81.3 Å². The van der Waals surface area contributed by atoms with E-state index in [-0.39, 0.29) is 17.7 Å². The van der Waals surface area contributed by atoms with Gasteiger partial charge in [0, 0.05) is 18.0 Å². The van der Waals surface area contributed by atoms with Crippen molar-refractivity contribution in [1.29, 1.82) is 5.26 Å². The monoisotopic (exact) mass is 471 g/mol. The van der Waals surface area contributed by atoms with E-state index in [1.165, 1.54) is 17.3 Å². The third-order valence-corrected chi connectivity index (χ3v) is 6.99. The summed E-state index contributed by atoms with van der Waals surface area (Å²) in [7, 11) is 0. The summed E-state index contributed by atoms with van der Waals surface area (Å²) in [5.74, 6) is 1.49. The second kappa shape index (κ2) is 10.2. The molecule has 1 amide bonds. The minimum Gasteiger partial charge on any atom is -0.375 e. The number of allylic oxidation sites excluding steroid dienone is 2. The summed E-state index contributed by atoms with van der Waals surface area (Å²) in [5, 5.41) is 11.8. The molecule has 0 radical (unpaired) electrons. The van der Waals surface area contributed by atoms with Gasteiger partial charge in [-0.25, -0.2) is 14.8 Å². The van der Waals surface area contributed by atoms with E-state index in [0.717, 1.165) is 62.3 Å². The van der Waals surface area contributed by atoms with Crippen molar-refractivity contribution in [3.8, 4) is 12.1 Å². The number of rotatable bonds is 6. The number of anilines is 1. The standard InChI is InChI=1S/C26H29N7O2/c1-17(24-28-10-11-29-24)33-12-8-18(9-13-33)20-6-7-23(22(14-20)19-4-2-3-5-19)32-26(34)35-25-30-16-21(15-27)31-25/h4,6-7,10-11,14,16-18H,2-3,5,8-9,12-13H2,1H3,(H,28,29)(H,30,31)(H,32,34). The third kappa shape index (κ3) is 5.12. The molecule has 180 valence electrons. The second-order valence-electron chi connectivity index (χ2n) is 9.12. The Bertz CT molecular complexity index is 1250. The highest BCUT2D eigenvalue weighted by atomic mass is 16.6. The first-order valence-electron chi connectivity index (χ1n) is 12.1. The largest absolute Gasteiger partial charge is 0.419 e. The number of hydrogen-bond acceptors (Lipinski definition) is 6. The van der Waals surface area contributed by atoms with Gasteiger partial charge in [0.2, 0.25) is 0 Å². The maximum atomic E-state index is 12.5. The Morgan fingerprint density at radius 2 is 2.17 bits per heavy atom. The number of H-pyrrole nitrogens is 2. The quantitative estimate of drug-likeness (QED) is 0.458. The van der Waals surface area contributed by atoms with Crippen molar-refractivity contribution in [2.24, 2.45) is 0 Å². The predicted molar refractivity (Wildman–Crippen MR) is 132 cm³/mol. The molecule has 3 aromatic rings. The van der Waals surface area contributed by atoms with E-state index in [0.29, 0.717) is 5.92 Å². The summed E-state index contributed by atoms with van der Waals surface area (Å²) >= 11 is 0. The predicted octanol–water partition coefficient (Wildman–Crippen LogP) is 5.12. The minimum absolute atomic E-state index is 0.00663. The molecule has 9 heteroatoms. The molecule has 0 saturated carbocycles. The first-order valence-corrected chi connectivity index (χ1v) is 12.1. The Balaban J connectivity index is 1.29. The van der Waals surface area contributed by atoms with Crippen molar-refractivity contribution >= 4 is 17.4 Å². The zero-order valence-corrected chi connectivity index (χ0v) is 19.8. The number of aromatic amines is 2. The van der Waals surface area contributed by atoms with Gasteiger partial charge in [0.15, 0.2) is 0 Å². The third-order valence-electron chi connectivity index (χ3n) is 6.99. The van der Waals surface area contributed by atoms with Gasteiger partial charge in [-0.2, -0.15) is 5.26 Å². The molecule has 1 atom stereocenters. The number of benzene rings is 1. The van der Waals surface area contributed by atoms with Crippen molar-refractivity contribution in [3.63, 3.8) is 0 Å². The van der Waals surface area contributed by atoms with Gasteiger partial charge in [-0.1, -0.05) is 12.1 Å². The lowest BCUT2D eigenvalue weighted by Crippen LogP contribution is -2.35. The lowest BCUT2D eigenvalue weighted by atomic mass is 9.86. The van der Waals surface area contributed by atoms with Gasteiger partial charge in [0.05, 0.1) is 17.9 Å². The number of aromatic nitrogens is 4. The van der Waals surface area contributed by atoms with Gasteiger partial charge in [0.25, 0.3) is 0 Å². The number of nitriles is 1. The SMILES string of the molecule is CC(c1ncc[nH]1)N1CCC(c2ccc(NC(=O)Oc3ncc(C#N)[nH]3)c(C3=CCCC3)c2)CC1. The number of ether oxygens (including phenoxy) is 1. The molecule has 0 spiro atoms. The molecule has 9 nitrogen and oxygen atoms in total. The maximum Gasteiger partial charge on any atom is 0.419 e. The van der Waals surface area contributed by atoms with Gasteiger partial charge in [0.1, 0.15) is 17.6 Å². The second-order valence-corrected chi connectivity index (χ2v) is 9.12. The topological polar surface area (TPSA) is 123 Å². The van der Waals surface area contributed by atoms with Crippen LogP contribution in [0.15, 0.2) is 42.9 Å². The van der Waals surface area contributed by atoms with E-state index in [9.17, 15) is 4.79 Å². The average Bonchev–Trinajstić information content (AvgIpc) is 3.67. The van der Waals surface area contributed by atoms with Crippen molar-refractivity contribution in [2.45, 2.75) is 51.0 Å².